The third-order valence-electron chi connectivity index (χ3n) is 2.94. The van der Waals surface area contributed by atoms with Crippen LogP contribution in [0.2, 0.25) is 5.02 Å². The summed E-state index contributed by atoms with van der Waals surface area (Å²) in [7, 11) is 0. The topological polar surface area (TPSA) is 62.3 Å². The van der Waals surface area contributed by atoms with Crippen molar-refractivity contribution in [3.8, 4) is 0 Å². The van der Waals surface area contributed by atoms with Crippen molar-refractivity contribution in [3.05, 3.63) is 34.5 Å². The van der Waals surface area contributed by atoms with Crippen molar-refractivity contribution in [1.82, 2.24) is 4.98 Å². The van der Waals surface area contributed by atoms with E-state index >= 15 is 0 Å². The quantitative estimate of drug-likeness (QED) is 0.828. The van der Waals surface area contributed by atoms with E-state index in [1.165, 1.54) is 0 Å². The van der Waals surface area contributed by atoms with Gasteiger partial charge >= 0.3 is 5.97 Å². The molecule has 5 heteroatoms. The van der Waals surface area contributed by atoms with E-state index in [9.17, 15) is 4.79 Å². The van der Waals surface area contributed by atoms with Gasteiger partial charge in [-0.3, -0.25) is 0 Å². The van der Waals surface area contributed by atoms with Gasteiger partial charge in [0.05, 0.1) is 11.6 Å². The number of H-pyrrole nitrogens is 1. The smallest absolute Gasteiger partial charge is 0.355 e. The first-order valence-corrected chi connectivity index (χ1v) is 6.63. The third kappa shape index (κ3) is 2.74. The summed E-state index contributed by atoms with van der Waals surface area (Å²) in [6, 6.07) is 5.48. The number of esters is 1. The first-order chi connectivity index (χ1) is 9.19. The highest BCUT2D eigenvalue weighted by atomic mass is 35.5. The SMILES string of the molecule is CCOC(=O)c1[nH]c2cccc(Cl)c2c1CCCO. The van der Waals surface area contributed by atoms with Crippen LogP contribution in [0, 0.1) is 0 Å². The largest absolute Gasteiger partial charge is 0.461 e. The zero-order chi connectivity index (χ0) is 13.8. The summed E-state index contributed by atoms with van der Waals surface area (Å²) in [6.07, 6.45) is 1.15. The molecule has 1 aromatic heterocycles. The Morgan fingerprint density at radius 2 is 2.26 bits per heavy atom. The van der Waals surface area contributed by atoms with Gasteiger partial charge in [-0.05, 0) is 37.5 Å². The summed E-state index contributed by atoms with van der Waals surface area (Å²) in [6.45, 7) is 2.15. The summed E-state index contributed by atoms with van der Waals surface area (Å²) < 4.78 is 5.04. The van der Waals surface area contributed by atoms with E-state index < -0.39 is 0 Å². The number of carbonyl (C=O) groups excluding carboxylic acids is 1. The molecule has 2 rings (SSSR count). The van der Waals surface area contributed by atoms with Crippen molar-refractivity contribution in [1.29, 1.82) is 0 Å². The van der Waals surface area contributed by atoms with Crippen LogP contribution in [0.4, 0.5) is 0 Å². The number of nitrogens with one attached hydrogen (secondary N) is 1. The molecular formula is C14H16ClNO3. The molecule has 0 aliphatic carbocycles. The van der Waals surface area contributed by atoms with Crippen LogP contribution in [0.3, 0.4) is 0 Å². The molecular weight excluding hydrogens is 266 g/mol. The molecule has 19 heavy (non-hydrogen) atoms. The molecule has 0 bridgehead atoms. The number of ether oxygens (including phenoxy) is 1. The summed E-state index contributed by atoms with van der Waals surface area (Å²) >= 11 is 6.20. The second-order valence-electron chi connectivity index (χ2n) is 4.19. The molecule has 0 unspecified atom stereocenters. The Kier molecular flexibility index (Phi) is 4.45. The number of aliphatic hydroxyl groups is 1. The Labute approximate surface area is 116 Å². The number of hydrogen-bond acceptors (Lipinski definition) is 3. The van der Waals surface area contributed by atoms with E-state index in [1.807, 2.05) is 12.1 Å². The van der Waals surface area contributed by atoms with Crippen molar-refractivity contribution in [2.45, 2.75) is 19.8 Å². The second kappa shape index (κ2) is 6.08. The number of aryl methyl sites for hydroxylation is 1. The number of hydrogen-bond donors (Lipinski definition) is 2. The van der Waals surface area contributed by atoms with Crippen molar-refractivity contribution in [3.63, 3.8) is 0 Å². The average Bonchev–Trinajstić information content (AvgIpc) is 2.77. The van der Waals surface area contributed by atoms with Crippen LogP contribution in [0.1, 0.15) is 29.4 Å². The zero-order valence-corrected chi connectivity index (χ0v) is 11.5. The number of halogens is 1. The molecule has 1 heterocycles. The summed E-state index contributed by atoms with van der Waals surface area (Å²) in [5.74, 6) is -0.386. The van der Waals surface area contributed by atoms with Crippen molar-refractivity contribution < 1.29 is 14.6 Å². The third-order valence-corrected chi connectivity index (χ3v) is 3.26. The van der Waals surface area contributed by atoms with Crippen molar-refractivity contribution in [2.24, 2.45) is 0 Å². The lowest BCUT2D eigenvalue weighted by molar-refractivity contribution is 0.0519. The first-order valence-electron chi connectivity index (χ1n) is 6.26. The van der Waals surface area contributed by atoms with Gasteiger partial charge < -0.3 is 14.8 Å². The van der Waals surface area contributed by atoms with Gasteiger partial charge in [-0.25, -0.2) is 4.79 Å². The molecule has 2 N–H and O–H groups in total. The Bertz CT molecular complexity index is 592. The van der Waals surface area contributed by atoms with E-state index in [0.717, 1.165) is 16.5 Å². The molecule has 0 atom stereocenters. The van der Waals surface area contributed by atoms with E-state index in [4.69, 9.17) is 21.4 Å². The second-order valence-corrected chi connectivity index (χ2v) is 4.60. The fraction of sp³-hybridized carbons (Fsp3) is 0.357. The minimum atomic E-state index is -0.386. The normalized spacial score (nSPS) is 10.9. The maximum Gasteiger partial charge on any atom is 0.355 e. The molecule has 1 aromatic carbocycles. The highest BCUT2D eigenvalue weighted by molar-refractivity contribution is 6.36. The van der Waals surface area contributed by atoms with Gasteiger partial charge in [0.2, 0.25) is 0 Å². The Morgan fingerprint density at radius 3 is 2.95 bits per heavy atom. The number of rotatable bonds is 5. The number of aromatic nitrogens is 1. The average molecular weight is 282 g/mol. The molecule has 0 radical (unpaired) electrons. The minimum absolute atomic E-state index is 0.0688. The molecule has 0 saturated carbocycles. The van der Waals surface area contributed by atoms with Crippen LogP contribution >= 0.6 is 11.6 Å². The predicted octanol–water partition coefficient (Wildman–Crippen LogP) is 2.92. The van der Waals surface area contributed by atoms with Crippen LogP contribution in [0.25, 0.3) is 10.9 Å². The Hall–Kier alpha value is -1.52. The minimum Gasteiger partial charge on any atom is -0.461 e. The van der Waals surface area contributed by atoms with Gasteiger partial charge in [-0.15, -0.1) is 0 Å². The van der Waals surface area contributed by atoms with Gasteiger partial charge in [0.25, 0.3) is 0 Å². The van der Waals surface area contributed by atoms with Gasteiger partial charge in [-0.2, -0.15) is 0 Å². The number of aliphatic hydroxyl groups excluding tert-OH is 1. The molecule has 4 nitrogen and oxygen atoms in total. The van der Waals surface area contributed by atoms with Crippen LogP contribution in [-0.2, 0) is 11.2 Å². The molecule has 0 amide bonds. The van der Waals surface area contributed by atoms with E-state index in [1.54, 1.807) is 13.0 Å². The number of benzene rings is 1. The lowest BCUT2D eigenvalue weighted by Crippen LogP contribution is -2.08. The van der Waals surface area contributed by atoms with Gasteiger partial charge in [0, 0.05) is 17.5 Å². The highest BCUT2D eigenvalue weighted by Crippen LogP contribution is 2.30. The maximum atomic E-state index is 12.0. The van der Waals surface area contributed by atoms with Crippen LogP contribution < -0.4 is 0 Å². The molecule has 102 valence electrons. The lowest BCUT2D eigenvalue weighted by Gasteiger charge is -2.04. The number of fused-ring (bicyclic) bond motifs is 1. The molecule has 0 fully saturated rings. The van der Waals surface area contributed by atoms with E-state index in [2.05, 4.69) is 4.98 Å². The summed E-state index contributed by atoms with van der Waals surface area (Å²) in [5.41, 5.74) is 2.05. The van der Waals surface area contributed by atoms with Crippen LogP contribution in [-0.4, -0.2) is 29.3 Å². The van der Waals surface area contributed by atoms with Gasteiger partial charge in [0.15, 0.2) is 0 Å². The molecule has 0 spiro atoms. The first kappa shape index (κ1) is 13.9. The monoisotopic (exact) mass is 281 g/mol. The predicted molar refractivity (Wildman–Crippen MR) is 74.7 cm³/mol. The van der Waals surface area contributed by atoms with Crippen molar-refractivity contribution >= 4 is 28.5 Å². The Balaban J connectivity index is 2.55. The van der Waals surface area contributed by atoms with Crippen molar-refractivity contribution in [2.75, 3.05) is 13.2 Å². The fourth-order valence-corrected chi connectivity index (χ4v) is 2.44. The van der Waals surface area contributed by atoms with Gasteiger partial charge in [-0.1, -0.05) is 17.7 Å². The highest BCUT2D eigenvalue weighted by Gasteiger charge is 2.19. The summed E-state index contributed by atoms with van der Waals surface area (Å²) in [5, 5.41) is 10.4. The maximum absolute atomic E-state index is 12.0. The fourth-order valence-electron chi connectivity index (χ4n) is 2.15. The van der Waals surface area contributed by atoms with E-state index in [0.29, 0.717) is 30.2 Å². The molecule has 2 aromatic rings. The van der Waals surface area contributed by atoms with Crippen LogP contribution in [0.5, 0.6) is 0 Å². The zero-order valence-electron chi connectivity index (χ0n) is 10.7. The van der Waals surface area contributed by atoms with Crippen LogP contribution in [0.15, 0.2) is 18.2 Å². The molecule has 0 saturated heterocycles. The summed E-state index contributed by atoms with van der Waals surface area (Å²) in [4.78, 5) is 15.0. The number of aromatic amines is 1. The molecule has 0 aliphatic rings. The lowest BCUT2D eigenvalue weighted by atomic mass is 10.1. The number of carbonyl (C=O) groups is 1. The van der Waals surface area contributed by atoms with E-state index in [-0.39, 0.29) is 12.6 Å². The standard InChI is InChI=1S/C14H16ClNO3/c1-2-19-14(18)13-9(5-4-8-17)12-10(15)6-3-7-11(12)16-13/h3,6-7,16-17H,2,4-5,8H2,1H3. The van der Waals surface area contributed by atoms with Gasteiger partial charge in [0.1, 0.15) is 5.69 Å². The molecule has 0 aliphatic heterocycles. The Morgan fingerprint density at radius 1 is 1.47 bits per heavy atom.